The second kappa shape index (κ2) is 7.15. The van der Waals surface area contributed by atoms with Gasteiger partial charge in [-0.15, -0.1) is 11.8 Å². The van der Waals surface area contributed by atoms with Gasteiger partial charge in [0.15, 0.2) is 0 Å². The molecule has 2 aromatic rings. The molecule has 3 heteroatoms. The second-order valence-electron chi connectivity index (χ2n) is 4.89. The third-order valence-electron chi connectivity index (χ3n) is 2.97. The van der Waals surface area contributed by atoms with Gasteiger partial charge in [0, 0.05) is 10.6 Å². The number of carbonyl (C=O) groups excluding carboxylic acids is 1. The Kier molecular flexibility index (Phi) is 5.24. The van der Waals surface area contributed by atoms with Crippen molar-refractivity contribution in [3.63, 3.8) is 0 Å². The van der Waals surface area contributed by atoms with Crippen LogP contribution < -0.4 is 5.32 Å². The smallest absolute Gasteiger partial charge is 0.234 e. The van der Waals surface area contributed by atoms with Gasteiger partial charge < -0.3 is 5.32 Å². The van der Waals surface area contributed by atoms with Gasteiger partial charge in [0.2, 0.25) is 5.91 Å². The quantitative estimate of drug-likeness (QED) is 0.817. The lowest BCUT2D eigenvalue weighted by molar-refractivity contribution is -0.113. The third kappa shape index (κ3) is 4.14. The van der Waals surface area contributed by atoms with Crippen molar-refractivity contribution in [2.24, 2.45) is 0 Å². The van der Waals surface area contributed by atoms with Crippen molar-refractivity contribution >= 4 is 23.4 Å². The molecule has 104 valence electrons. The van der Waals surface area contributed by atoms with Gasteiger partial charge >= 0.3 is 0 Å². The van der Waals surface area contributed by atoms with Crippen LogP contribution in [-0.4, -0.2) is 11.7 Å². The highest BCUT2D eigenvalue weighted by atomic mass is 32.2. The molecule has 2 aromatic carbocycles. The van der Waals surface area contributed by atoms with Crippen molar-refractivity contribution < 1.29 is 4.79 Å². The second-order valence-corrected chi connectivity index (χ2v) is 5.94. The van der Waals surface area contributed by atoms with Crippen LogP contribution in [-0.2, 0) is 4.79 Å². The van der Waals surface area contributed by atoms with Crippen molar-refractivity contribution in [2.45, 2.75) is 24.7 Å². The molecule has 2 nitrogen and oxygen atoms in total. The number of para-hydroxylation sites is 1. The lowest BCUT2D eigenvalue weighted by atomic mass is 10.0. The van der Waals surface area contributed by atoms with Crippen molar-refractivity contribution in [2.75, 3.05) is 11.1 Å². The van der Waals surface area contributed by atoms with E-state index in [1.165, 1.54) is 5.56 Å². The summed E-state index contributed by atoms with van der Waals surface area (Å²) in [6.07, 6.45) is 0. The lowest BCUT2D eigenvalue weighted by Crippen LogP contribution is -2.15. The van der Waals surface area contributed by atoms with E-state index in [0.717, 1.165) is 10.6 Å². The van der Waals surface area contributed by atoms with E-state index in [0.29, 0.717) is 11.7 Å². The van der Waals surface area contributed by atoms with E-state index in [2.05, 4.69) is 25.2 Å². The number of thioether (sulfide) groups is 1. The SMILES string of the molecule is CC(C)c1ccccc1NC(=O)CSc1ccccc1. The van der Waals surface area contributed by atoms with Gasteiger partial charge in [-0.05, 0) is 29.7 Å². The zero-order chi connectivity index (χ0) is 14.4. The Morgan fingerprint density at radius 2 is 1.70 bits per heavy atom. The van der Waals surface area contributed by atoms with Gasteiger partial charge in [-0.3, -0.25) is 4.79 Å². The van der Waals surface area contributed by atoms with Gasteiger partial charge in [-0.1, -0.05) is 50.2 Å². The number of hydrogen-bond acceptors (Lipinski definition) is 2. The molecule has 0 radical (unpaired) electrons. The minimum Gasteiger partial charge on any atom is -0.325 e. The molecule has 0 unspecified atom stereocenters. The first-order valence-electron chi connectivity index (χ1n) is 6.73. The molecule has 0 aromatic heterocycles. The predicted molar refractivity (Wildman–Crippen MR) is 86.3 cm³/mol. The molecule has 0 aliphatic rings. The van der Waals surface area contributed by atoms with E-state index in [1.807, 2.05) is 48.5 Å². The molecule has 20 heavy (non-hydrogen) atoms. The summed E-state index contributed by atoms with van der Waals surface area (Å²) >= 11 is 1.55. The summed E-state index contributed by atoms with van der Waals surface area (Å²) in [6.45, 7) is 4.26. The van der Waals surface area contributed by atoms with Gasteiger partial charge in [-0.2, -0.15) is 0 Å². The summed E-state index contributed by atoms with van der Waals surface area (Å²) in [5, 5.41) is 3.00. The van der Waals surface area contributed by atoms with Crippen molar-refractivity contribution in [3.8, 4) is 0 Å². The largest absolute Gasteiger partial charge is 0.325 e. The van der Waals surface area contributed by atoms with Crippen LogP contribution in [0, 0.1) is 0 Å². The molecule has 0 saturated heterocycles. The zero-order valence-corrected chi connectivity index (χ0v) is 12.6. The Bertz CT molecular complexity index is 566. The molecule has 0 spiro atoms. The first-order chi connectivity index (χ1) is 9.66. The Hall–Kier alpha value is -1.74. The highest BCUT2D eigenvalue weighted by molar-refractivity contribution is 8.00. The Morgan fingerprint density at radius 3 is 2.40 bits per heavy atom. The van der Waals surface area contributed by atoms with Crippen molar-refractivity contribution in [3.05, 3.63) is 60.2 Å². The van der Waals surface area contributed by atoms with Crippen LogP contribution >= 0.6 is 11.8 Å². The van der Waals surface area contributed by atoms with Crippen molar-refractivity contribution in [1.82, 2.24) is 0 Å². The highest BCUT2D eigenvalue weighted by Crippen LogP contribution is 2.24. The zero-order valence-electron chi connectivity index (χ0n) is 11.8. The maximum Gasteiger partial charge on any atom is 0.234 e. The van der Waals surface area contributed by atoms with Crippen molar-refractivity contribution in [1.29, 1.82) is 0 Å². The monoisotopic (exact) mass is 285 g/mol. The predicted octanol–water partition coefficient (Wildman–Crippen LogP) is 4.54. The molecule has 0 heterocycles. The number of hydrogen-bond donors (Lipinski definition) is 1. The molecule has 0 atom stereocenters. The van der Waals surface area contributed by atoms with Gasteiger partial charge in [-0.25, -0.2) is 0 Å². The van der Waals surface area contributed by atoms with E-state index < -0.39 is 0 Å². The molecular formula is C17H19NOS. The van der Waals surface area contributed by atoms with Crippen LogP contribution in [0.1, 0.15) is 25.3 Å². The number of rotatable bonds is 5. The standard InChI is InChI=1S/C17H19NOS/c1-13(2)15-10-6-7-11-16(15)18-17(19)12-20-14-8-4-3-5-9-14/h3-11,13H,12H2,1-2H3,(H,18,19). The minimum atomic E-state index is 0.0342. The maximum absolute atomic E-state index is 12.0. The summed E-state index contributed by atoms with van der Waals surface area (Å²) < 4.78 is 0. The molecule has 0 fully saturated rings. The fourth-order valence-electron chi connectivity index (χ4n) is 1.97. The average molecular weight is 285 g/mol. The number of carbonyl (C=O) groups is 1. The van der Waals surface area contributed by atoms with Crippen LogP contribution in [0.5, 0.6) is 0 Å². The maximum atomic E-state index is 12.0. The number of anilines is 1. The molecule has 2 rings (SSSR count). The molecule has 0 aliphatic heterocycles. The topological polar surface area (TPSA) is 29.1 Å². The Balaban J connectivity index is 1.95. The summed E-state index contributed by atoms with van der Waals surface area (Å²) in [5.74, 6) is 0.858. The number of amides is 1. The molecule has 1 amide bonds. The summed E-state index contributed by atoms with van der Waals surface area (Å²) in [6, 6.07) is 17.9. The lowest BCUT2D eigenvalue weighted by Gasteiger charge is -2.13. The number of nitrogens with one attached hydrogen (secondary N) is 1. The average Bonchev–Trinajstić information content (AvgIpc) is 2.46. The normalized spacial score (nSPS) is 10.6. The van der Waals surface area contributed by atoms with Gasteiger partial charge in [0.1, 0.15) is 0 Å². The van der Waals surface area contributed by atoms with E-state index in [4.69, 9.17) is 0 Å². The fraction of sp³-hybridized carbons (Fsp3) is 0.235. The molecule has 0 aliphatic carbocycles. The van der Waals surface area contributed by atoms with Crippen LogP contribution in [0.2, 0.25) is 0 Å². The first-order valence-corrected chi connectivity index (χ1v) is 7.72. The van der Waals surface area contributed by atoms with E-state index in [-0.39, 0.29) is 5.91 Å². The first kappa shape index (κ1) is 14.7. The van der Waals surface area contributed by atoms with Gasteiger partial charge in [0.05, 0.1) is 5.75 Å². The van der Waals surface area contributed by atoms with E-state index in [1.54, 1.807) is 11.8 Å². The molecule has 0 bridgehead atoms. The summed E-state index contributed by atoms with van der Waals surface area (Å²) in [7, 11) is 0. The molecular weight excluding hydrogens is 266 g/mol. The van der Waals surface area contributed by atoms with Gasteiger partial charge in [0.25, 0.3) is 0 Å². The Morgan fingerprint density at radius 1 is 1.05 bits per heavy atom. The third-order valence-corrected chi connectivity index (χ3v) is 3.98. The van der Waals surface area contributed by atoms with E-state index >= 15 is 0 Å². The highest BCUT2D eigenvalue weighted by Gasteiger charge is 2.09. The Labute approximate surface area is 124 Å². The van der Waals surface area contributed by atoms with E-state index in [9.17, 15) is 4.79 Å². The summed E-state index contributed by atoms with van der Waals surface area (Å²) in [5.41, 5.74) is 2.09. The molecule has 0 saturated carbocycles. The van der Waals surface area contributed by atoms with Crippen LogP contribution in [0.3, 0.4) is 0 Å². The summed E-state index contributed by atoms with van der Waals surface area (Å²) in [4.78, 5) is 13.1. The number of benzene rings is 2. The minimum absolute atomic E-state index is 0.0342. The fourth-order valence-corrected chi connectivity index (χ4v) is 2.69. The molecule has 1 N–H and O–H groups in total. The van der Waals surface area contributed by atoms with Crippen LogP contribution in [0.4, 0.5) is 5.69 Å². The van der Waals surface area contributed by atoms with Crippen LogP contribution in [0.15, 0.2) is 59.5 Å². The van der Waals surface area contributed by atoms with Crippen LogP contribution in [0.25, 0.3) is 0 Å².